The Hall–Kier alpha value is -3.84. The molecule has 1 amide bonds. The normalized spacial score (nSPS) is 14.6. The Morgan fingerprint density at radius 3 is 2.42 bits per heavy atom. The average molecular weight is 562 g/mol. The second kappa shape index (κ2) is 13.5. The van der Waals surface area contributed by atoms with Gasteiger partial charge in [-0.05, 0) is 36.4 Å². The van der Waals surface area contributed by atoms with Crippen LogP contribution in [0.3, 0.4) is 0 Å². The predicted molar refractivity (Wildman–Crippen MR) is 141 cm³/mol. The van der Waals surface area contributed by atoms with Gasteiger partial charge in [0.15, 0.2) is 12.4 Å². The van der Waals surface area contributed by atoms with E-state index < -0.39 is 24.6 Å². The van der Waals surface area contributed by atoms with Crippen molar-refractivity contribution in [3.8, 4) is 17.4 Å². The van der Waals surface area contributed by atoms with Crippen molar-refractivity contribution >= 4 is 11.9 Å². The van der Waals surface area contributed by atoms with Crippen LogP contribution < -0.4 is 15.4 Å². The SMILES string of the molecule is CCN1CCN(CCNC(=O)c2cccc(-c3nc(NCc4ccc(F)cc4)nc(OCC(F)(F)F)n3)c2)CC1. The Kier molecular flexibility index (Phi) is 9.83. The number of carbonyl (C=O) groups is 1. The maximum atomic E-state index is 13.2. The zero-order valence-electron chi connectivity index (χ0n) is 22.0. The van der Waals surface area contributed by atoms with Gasteiger partial charge < -0.3 is 20.3 Å². The largest absolute Gasteiger partial charge is 0.454 e. The molecule has 2 N–H and O–H groups in total. The summed E-state index contributed by atoms with van der Waals surface area (Å²) in [7, 11) is 0. The Bertz CT molecular complexity index is 1270. The zero-order chi connectivity index (χ0) is 28.5. The highest BCUT2D eigenvalue weighted by atomic mass is 19.4. The minimum absolute atomic E-state index is 0.0252. The Labute approximate surface area is 229 Å². The first kappa shape index (κ1) is 29.2. The number of nitrogens with zero attached hydrogens (tertiary/aromatic N) is 5. The summed E-state index contributed by atoms with van der Waals surface area (Å²) < 4.78 is 56.3. The van der Waals surface area contributed by atoms with Crippen LogP contribution in [0.5, 0.6) is 6.01 Å². The standard InChI is InChI=1S/C27H31F4N7O2/c1-2-37-12-14-38(15-13-37)11-10-32-24(39)21-5-3-4-20(16-21)23-34-25(33-17-19-6-8-22(28)9-7-19)36-26(35-23)40-18-27(29,30)31/h3-9,16H,2,10-15,17-18H2,1H3,(H,32,39)(H,33,34,35,36). The van der Waals surface area contributed by atoms with Gasteiger partial charge in [-0.1, -0.05) is 31.2 Å². The number of anilines is 1. The fraction of sp³-hybridized carbons (Fsp3) is 0.407. The first-order chi connectivity index (χ1) is 19.2. The van der Waals surface area contributed by atoms with Gasteiger partial charge in [0.05, 0.1) is 0 Å². The summed E-state index contributed by atoms with van der Waals surface area (Å²) in [6.07, 6.45) is -4.59. The molecule has 0 unspecified atom stereocenters. The monoisotopic (exact) mass is 561 g/mol. The molecule has 0 spiro atoms. The second-order valence-corrected chi connectivity index (χ2v) is 9.26. The number of aromatic nitrogens is 3. The number of amides is 1. The molecule has 1 aromatic heterocycles. The summed E-state index contributed by atoms with van der Waals surface area (Å²) in [5.41, 5.74) is 1.45. The lowest BCUT2D eigenvalue weighted by atomic mass is 10.1. The van der Waals surface area contributed by atoms with Gasteiger partial charge in [0.1, 0.15) is 5.82 Å². The first-order valence-electron chi connectivity index (χ1n) is 13.0. The molecular formula is C27H31F4N7O2. The molecule has 1 aliphatic heterocycles. The Morgan fingerprint density at radius 2 is 1.73 bits per heavy atom. The van der Waals surface area contributed by atoms with Crippen molar-refractivity contribution in [2.24, 2.45) is 0 Å². The van der Waals surface area contributed by atoms with E-state index in [9.17, 15) is 22.4 Å². The predicted octanol–water partition coefficient (Wildman–Crippen LogP) is 3.60. The number of rotatable bonds is 11. The molecule has 13 heteroatoms. The van der Waals surface area contributed by atoms with Crippen LogP contribution in [0, 0.1) is 5.82 Å². The second-order valence-electron chi connectivity index (χ2n) is 9.26. The third-order valence-corrected chi connectivity index (χ3v) is 6.35. The number of nitrogens with one attached hydrogen (secondary N) is 2. The van der Waals surface area contributed by atoms with Crippen LogP contribution in [0.1, 0.15) is 22.8 Å². The van der Waals surface area contributed by atoms with E-state index in [0.717, 1.165) is 39.3 Å². The van der Waals surface area contributed by atoms with Crippen LogP contribution in [-0.4, -0.2) is 89.3 Å². The molecule has 0 bridgehead atoms. The van der Waals surface area contributed by atoms with Crippen LogP contribution in [0.2, 0.25) is 0 Å². The number of piperazine rings is 1. The third kappa shape index (κ3) is 8.85. The van der Waals surface area contributed by atoms with Crippen molar-refractivity contribution in [1.82, 2.24) is 30.1 Å². The first-order valence-corrected chi connectivity index (χ1v) is 13.0. The molecule has 1 fully saturated rings. The number of halogens is 4. The smallest absolute Gasteiger partial charge is 0.422 e. The van der Waals surface area contributed by atoms with Crippen LogP contribution in [0.15, 0.2) is 48.5 Å². The highest BCUT2D eigenvalue weighted by Crippen LogP contribution is 2.22. The zero-order valence-corrected chi connectivity index (χ0v) is 22.0. The highest BCUT2D eigenvalue weighted by molar-refractivity contribution is 5.95. The van der Waals surface area contributed by atoms with Gasteiger partial charge >= 0.3 is 12.2 Å². The van der Waals surface area contributed by atoms with Crippen LogP contribution in [0.4, 0.5) is 23.5 Å². The van der Waals surface area contributed by atoms with Gasteiger partial charge in [-0.15, -0.1) is 0 Å². The van der Waals surface area contributed by atoms with Crippen LogP contribution in [-0.2, 0) is 6.54 Å². The molecule has 9 nitrogen and oxygen atoms in total. The van der Waals surface area contributed by atoms with Gasteiger partial charge in [0.2, 0.25) is 5.95 Å². The topological polar surface area (TPSA) is 95.5 Å². The molecule has 2 heterocycles. The fourth-order valence-corrected chi connectivity index (χ4v) is 4.12. The maximum Gasteiger partial charge on any atom is 0.422 e. The maximum absolute atomic E-state index is 13.2. The van der Waals surface area contributed by atoms with E-state index in [4.69, 9.17) is 4.74 Å². The Balaban J connectivity index is 1.45. The quantitative estimate of drug-likeness (QED) is 0.343. The lowest BCUT2D eigenvalue weighted by molar-refractivity contribution is -0.154. The highest BCUT2D eigenvalue weighted by Gasteiger charge is 2.29. The number of ether oxygens (including phenoxy) is 1. The number of benzene rings is 2. The average Bonchev–Trinajstić information content (AvgIpc) is 2.96. The van der Waals surface area contributed by atoms with Gasteiger partial charge in [-0.25, -0.2) is 4.39 Å². The van der Waals surface area contributed by atoms with E-state index in [1.165, 1.54) is 12.1 Å². The molecule has 2 aromatic carbocycles. The van der Waals surface area contributed by atoms with Crippen LogP contribution >= 0.6 is 0 Å². The molecule has 40 heavy (non-hydrogen) atoms. The van der Waals surface area contributed by atoms with Crippen molar-refractivity contribution in [3.63, 3.8) is 0 Å². The molecule has 0 saturated carbocycles. The van der Waals surface area contributed by atoms with Crippen molar-refractivity contribution in [2.75, 3.05) is 57.7 Å². The van der Waals surface area contributed by atoms with Gasteiger partial charge in [-0.3, -0.25) is 9.69 Å². The molecule has 214 valence electrons. The summed E-state index contributed by atoms with van der Waals surface area (Å²) in [4.78, 5) is 29.8. The van der Waals surface area contributed by atoms with E-state index >= 15 is 0 Å². The van der Waals surface area contributed by atoms with E-state index in [-0.39, 0.29) is 24.2 Å². The van der Waals surface area contributed by atoms with E-state index in [0.29, 0.717) is 23.2 Å². The number of alkyl halides is 3. The van der Waals surface area contributed by atoms with Crippen molar-refractivity contribution < 1.29 is 27.1 Å². The lowest BCUT2D eigenvalue weighted by Gasteiger charge is -2.33. The molecule has 1 saturated heterocycles. The molecule has 3 aromatic rings. The molecule has 1 aliphatic rings. The summed E-state index contributed by atoms with van der Waals surface area (Å²) >= 11 is 0. The molecule has 0 radical (unpaired) electrons. The Morgan fingerprint density at radius 1 is 1.00 bits per heavy atom. The fourth-order valence-electron chi connectivity index (χ4n) is 4.12. The number of carbonyl (C=O) groups excluding carboxylic acids is 1. The van der Waals surface area contributed by atoms with Crippen molar-refractivity contribution in [1.29, 1.82) is 0 Å². The van der Waals surface area contributed by atoms with Gasteiger partial charge in [0.25, 0.3) is 5.91 Å². The molecular weight excluding hydrogens is 530 g/mol. The summed E-state index contributed by atoms with van der Waals surface area (Å²) in [5.74, 6) is -0.694. The number of hydrogen-bond acceptors (Lipinski definition) is 8. The third-order valence-electron chi connectivity index (χ3n) is 6.35. The summed E-state index contributed by atoms with van der Waals surface area (Å²) in [6.45, 7) is 6.91. The minimum Gasteiger partial charge on any atom is -0.454 e. The lowest BCUT2D eigenvalue weighted by Crippen LogP contribution is -2.48. The summed E-state index contributed by atoms with van der Waals surface area (Å²) in [5, 5.41) is 5.81. The van der Waals surface area contributed by atoms with E-state index in [2.05, 4.69) is 42.3 Å². The van der Waals surface area contributed by atoms with Crippen molar-refractivity contribution in [2.45, 2.75) is 19.6 Å². The van der Waals surface area contributed by atoms with Gasteiger partial charge in [0, 0.05) is 56.9 Å². The minimum atomic E-state index is -4.59. The molecule has 4 rings (SSSR count). The molecule has 0 aliphatic carbocycles. The van der Waals surface area contributed by atoms with E-state index in [1.807, 2.05) is 0 Å². The van der Waals surface area contributed by atoms with Gasteiger partial charge in [-0.2, -0.15) is 28.1 Å². The number of hydrogen-bond donors (Lipinski definition) is 2. The van der Waals surface area contributed by atoms with Crippen LogP contribution in [0.25, 0.3) is 11.4 Å². The van der Waals surface area contributed by atoms with Crippen molar-refractivity contribution in [3.05, 3.63) is 65.5 Å². The molecule has 0 atom stereocenters. The number of likely N-dealkylation sites (N-methyl/N-ethyl adjacent to an activating group) is 1. The summed E-state index contributed by atoms with van der Waals surface area (Å²) in [6, 6.07) is 11.6. The van der Waals surface area contributed by atoms with E-state index in [1.54, 1.807) is 36.4 Å².